The molecule has 1 aromatic carbocycles. The van der Waals surface area contributed by atoms with Gasteiger partial charge in [-0.3, -0.25) is 4.79 Å². The van der Waals surface area contributed by atoms with Crippen LogP contribution in [-0.4, -0.2) is 38.2 Å². The highest BCUT2D eigenvalue weighted by molar-refractivity contribution is 7.88. The van der Waals surface area contributed by atoms with Gasteiger partial charge in [-0.25, -0.2) is 8.42 Å². The van der Waals surface area contributed by atoms with Gasteiger partial charge in [0.25, 0.3) is 0 Å². The van der Waals surface area contributed by atoms with Crippen LogP contribution in [0, 0.1) is 0 Å². The molecule has 0 aliphatic heterocycles. The van der Waals surface area contributed by atoms with Crippen LogP contribution in [0.3, 0.4) is 0 Å². The highest BCUT2D eigenvalue weighted by atomic mass is 32.2. The quantitative estimate of drug-likeness (QED) is 0.745. The SMILES string of the molecule is CC(C)(C)OCC(NS(=O)(=O)Cc1ccccc1)C(=O)OC(C)(C)C. The van der Waals surface area contributed by atoms with Gasteiger partial charge in [0.05, 0.1) is 18.0 Å². The number of ether oxygens (including phenoxy) is 2. The van der Waals surface area contributed by atoms with Crippen LogP contribution in [0.5, 0.6) is 0 Å². The van der Waals surface area contributed by atoms with Gasteiger partial charge >= 0.3 is 5.97 Å². The maximum atomic E-state index is 12.4. The molecule has 1 N–H and O–H groups in total. The molecular formula is C18H29NO5S. The molecule has 1 atom stereocenters. The van der Waals surface area contributed by atoms with Crippen molar-refractivity contribution in [3.63, 3.8) is 0 Å². The van der Waals surface area contributed by atoms with Crippen LogP contribution >= 0.6 is 0 Å². The summed E-state index contributed by atoms with van der Waals surface area (Å²) in [5, 5.41) is 0. The molecule has 142 valence electrons. The molecule has 0 spiro atoms. The molecule has 25 heavy (non-hydrogen) atoms. The molecule has 1 unspecified atom stereocenters. The number of benzene rings is 1. The molecule has 0 amide bonds. The van der Waals surface area contributed by atoms with Gasteiger partial charge in [-0.05, 0) is 47.1 Å². The summed E-state index contributed by atoms with van der Waals surface area (Å²) in [6.07, 6.45) is 0. The van der Waals surface area contributed by atoms with Gasteiger partial charge in [0, 0.05) is 0 Å². The van der Waals surface area contributed by atoms with Gasteiger partial charge < -0.3 is 9.47 Å². The van der Waals surface area contributed by atoms with Gasteiger partial charge in [0.15, 0.2) is 0 Å². The van der Waals surface area contributed by atoms with Crippen molar-refractivity contribution < 1.29 is 22.7 Å². The highest BCUT2D eigenvalue weighted by Crippen LogP contribution is 2.13. The number of esters is 1. The lowest BCUT2D eigenvalue weighted by Crippen LogP contribution is -2.48. The normalized spacial score (nSPS) is 14.2. The van der Waals surface area contributed by atoms with Gasteiger partial charge in [0.2, 0.25) is 10.0 Å². The third-order valence-corrected chi connectivity index (χ3v) is 4.25. The fourth-order valence-corrected chi connectivity index (χ4v) is 3.22. The Hall–Kier alpha value is -1.44. The largest absolute Gasteiger partial charge is 0.459 e. The second kappa shape index (κ2) is 8.29. The lowest BCUT2D eigenvalue weighted by atomic mass is 10.2. The number of hydrogen-bond acceptors (Lipinski definition) is 5. The van der Waals surface area contributed by atoms with E-state index in [2.05, 4.69) is 4.72 Å². The standard InChI is InChI=1S/C18H29NO5S/c1-17(2,3)23-12-15(16(20)24-18(4,5)6)19-25(21,22)13-14-10-8-7-9-11-14/h7-11,15,19H,12-13H2,1-6H3. The Kier molecular flexibility index (Phi) is 7.17. The molecule has 0 aliphatic rings. The number of sulfonamides is 1. The summed E-state index contributed by atoms with van der Waals surface area (Å²) in [4.78, 5) is 12.4. The minimum absolute atomic E-state index is 0.105. The maximum absolute atomic E-state index is 12.4. The molecule has 7 heteroatoms. The van der Waals surface area contributed by atoms with Crippen molar-refractivity contribution in [2.24, 2.45) is 0 Å². The molecular weight excluding hydrogens is 342 g/mol. The van der Waals surface area contributed by atoms with Crippen LogP contribution in [0.1, 0.15) is 47.1 Å². The Morgan fingerprint density at radius 2 is 1.60 bits per heavy atom. The van der Waals surface area contributed by atoms with Crippen molar-refractivity contribution in [3.05, 3.63) is 35.9 Å². The first kappa shape index (κ1) is 21.6. The molecule has 0 bridgehead atoms. The summed E-state index contributed by atoms with van der Waals surface area (Å²) >= 11 is 0. The average molecular weight is 371 g/mol. The first-order valence-corrected chi connectivity index (χ1v) is 9.83. The zero-order chi connectivity index (χ0) is 19.3. The topological polar surface area (TPSA) is 81.7 Å². The fourth-order valence-electron chi connectivity index (χ4n) is 1.91. The smallest absolute Gasteiger partial charge is 0.327 e. The van der Waals surface area contributed by atoms with Crippen molar-refractivity contribution in [2.75, 3.05) is 6.61 Å². The molecule has 0 radical (unpaired) electrons. The summed E-state index contributed by atoms with van der Waals surface area (Å²) in [7, 11) is -3.73. The molecule has 6 nitrogen and oxygen atoms in total. The predicted molar refractivity (Wildman–Crippen MR) is 97.5 cm³/mol. The summed E-state index contributed by atoms with van der Waals surface area (Å²) in [5.41, 5.74) is -0.595. The van der Waals surface area contributed by atoms with E-state index in [4.69, 9.17) is 9.47 Å². The van der Waals surface area contributed by atoms with Crippen molar-refractivity contribution in [1.82, 2.24) is 4.72 Å². The van der Waals surface area contributed by atoms with Crippen molar-refractivity contribution in [2.45, 2.75) is 64.5 Å². The molecule has 0 fully saturated rings. The number of hydrogen-bond donors (Lipinski definition) is 1. The lowest BCUT2D eigenvalue weighted by molar-refractivity contribution is -0.159. The van der Waals surface area contributed by atoms with Crippen LogP contribution < -0.4 is 4.72 Å². The zero-order valence-corrected chi connectivity index (χ0v) is 16.6. The minimum atomic E-state index is -3.73. The Morgan fingerprint density at radius 3 is 2.08 bits per heavy atom. The molecule has 0 saturated heterocycles. The van der Waals surface area contributed by atoms with E-state index in [1.165, 1.54) is 0 Å². The van der Waals surface area contributed by atoms with E-state index in [0.29, 0.717) is 5.56 Å². The van der Waals surface area contributed by atoms with Gasteiger partial charge in [-0.15, -0.1) is 0 Å². The zero-order valence-electron chi connectivity index (χ0n) is 15.8. The van der Waals surface area contributed by atoms with E-state index < -0.39 is 33.2 Å². The van der Waals surface area contributed by atoms with Gasteiger partial charge in [0.1, 0.15) is 11.6 Å². The Balaban J connectivity index is 2.88. The van der Waals surface area contributed by atoms with E-state index in [1.54, 1.807) is 45.0 Å². The van der Waals surface area contributed by atoms with Gasteiger partial charge in [-0.2, -0.15) is 4.72 Å². The van der Waals surface area contributed by atoms with E-state index in [1.807, 2.05) is 26.8 Å². The molecule has 1 aromatic rings. The Morgan fingerprint density at radius 1 is 1.04 bits per heavy atom. The van der Waals surface area contributed by atoms with Crippen molar-refractivity contribution >= 4 is 16.0 Å². The van der Waals surface area contributed by atoms with E-state index >= 15 is 0 Å². The number of carbonyl (C=O) groups is 1. The van der Waals surface area contributed by atoms with E-state index in [9.17, 15) is 13.2 Å². The second-order valence-electron chi connectivity index (χ2n) is 7.87. The van der Waals surface area contributed by atoms with E-state index in [0.717, 1.165) is 0 Å². The number of nitrogens with one attached hydrogen (secondary N) is 1. The first-order valence-electron chi connectivity index (χ1n) is 8.18. The first-order chi connectivity index (χ1) is 11.3. The average Bonchev–Trinajstić information content (AvgIpc) is 2.41. The Bertz CT molecular complexity index is 657. The van der Waals surface area contributed by atoms with Crippen LogP contribution in [-0.2, 0) is 30.0 Å². The summed E-state index contributed by atoms with van der Waals surface area (Å²) in [5.74, 6) is -0.878. The third kappa shape index (κ3) is 9.57. The summed E-state index contributed by atoms with van der Waals surface area (Å²) in [6, 6.07) is 7.66. The summed E-state index contributed by atoms with van der Waals surface area (Å²) < 4.78 is 38.2. The van der Waals surface area contributed by atoms with Crippen LogP contribution in [0.4, 0.5) is 0 Å². The van der Waals surface area contributed by atoms with Crippen LogP contribution in [0.2, 0.25) is 0 Å². The predicted octanol–water partition coefficient (Wildman–Crippen LogP) is 2.63. The summed E-state index contributed by atoms with van der Waals surface area (Å²) in [6.45, 7) is 10.6. The van der Waals surface area contributed by atoms with E-state index in [-0.39, 0.29) is 12.4 Å². The van der Waals surface area contributed by atoms with Crippen molar-refractivity contribution in [1.29, 1.82) is 0 Å². The molecule has 0 heterocycles. The molecule has 1 rings (SSSR count). The van der Waals surface area contributed by atoms with Crippen LogP contribution in [0.15, 0.2) is 30.3 Å². The maximum Gasteiger partial charge on any atom is 0.327 e. The Labute approximate surface area is 151 Å². The third-order valence-electron chi connectivity index (χ3n) is 2.90. The van der Waals surface area contributed by atoms with Gasteiger partial charge in [-0.1, -0.05) is 30.3 Å². The molecule has 0 saturated carbocycles. The van der Waals surface area contributed by atoms with Crippen molar-refractivity contribution in [3.8, 4) is 0 Å². The number of carbonyl (C=O) groups excluding carboxylic acids is 1. The number of rotatable bonds is 7. The fraction of sp³-hybridized carbons (Fsp3) is 0.611. The lowest BCUT2D eigenvalue weighted by Gasteiger charge is -2.27. The second-order valence-corrected chi connectivity index (χ2v) is 9.63. The monoisotopic (exact) mass is 371 g/mol. The minimum Gasteiger partial charge on any atom is -0.459 e. The van der Waals surface area contributed by atoms with Crippen LogP contribution in [0.25, 0.3) is 0 Å². The molecule has 0 aromatic heterocycles. The highest BCUT2D eigenvalue weighted by Gasteiger charge is 2.30. The molecule has 0 aliphatic carbocycles.